The third-order valence-electron chi connectivity index (χ3n) is 6.57. The number of amidine groups is 1. The molecule has 4 rings (SSSR count). The Labute approximate surface area is 184 Å². The zero-order valence-corrected chi connectivity index (χ0v) is 18.6. The monoisotopic (exact) mass is 425 g/mol. The van der Waals surface area contributed by atoms with Crippen molar-refractivity contribution in [2.45, 2.75) is 76.9 Å². The first-order chi connectivity index (χ1) is 14.9. The molecule has 0 radical (unpaired) electrons. The van der Waals surface area contributed by atoms with Crippen molar-refractivity contribution >= 4 is 22.6 Å². The number of aryl methyl sites for hydroxylation is 1. The van der Waals surface area contributed by atoms with Gasteiger partial charge < -0.3 is 25.8 Å². The lowest BCUT2D eigenvalue weighted by Gasteiger charge is -2.40. The maximum absolute atomic E-state index is 9.83. The molecule has 0 spiro atoms. The molecule has 0 bridgehead atoms. The summed E-state index contributed by atoms with van der Waals surface area (Å²) < 4.78 is 6.48. The van der Waals surface area contributed by atoms with E-state index in [-0.39, 0.29) is 18.0 Å². The molecule has 1 aromatic carbocycles. The molecule has 1 aliphatic heterocycles. The minimum atomic E-state index is -0.816. The van der Waals surface area contributed by atoms with E-state index in [0.29, 0.717) is 12.6 Å². The summed E-state index contributed by atoms with van der Waals surface area (Å²) in [5, 5.41) is 22.3. The molecule has 2 fully saturated rings. The lowest BCUT2D eigenvalue weighted by Crippen LogP contribution is -2.53. The number of rotatable bonds is 5. The van der Waals surface area contributed by atoms with Crippen molar-refractivity contribution in [3.05, 3.63) is 35.4 Å². The Morgan fingerprint density at radius 1 is 1.26 bits per heavy atom. The van der Waals surface area contributed by atoms with Crippen molar-refractivity contribution in [2.24, 2.45) is 5.73 Å². The fraction of sp³-hybridized carbons (Fsp3) is 0.583. The lowest BCUT2D eigenvalue weighted by atomic mass is 9.96. The smallest absolute Gasteiger partial charge is 0.140 e. The Hall–Kier alpha value is -2.22. The second-order valence-corrected chi connectivity index (χ2v) is 8.98. The van der Waals surface area contributed by atoms with E-state index >= 15 is 0 Å². The number of piperidine rings is 1. The normalized spacial score (nSPS) is 23.7. The Morgan fingerprint density at radius 3 is 2.74 bits per heavy atom. The first kappa shape index (κ1) is 22.0. The molecule has 31 heavy (non-hydrogen) atoms. The van der Waals surface area contributed by atoms with Gasteiger partial charge in [-0.2, -0.15) is 0 Å². The third kappa shape index (κ3) is 4.84. The molecule has 1 aromatic heterocycles. The van der Waals surface area contributed by atoms with Crippen LogP contribution in [-0.2, 0) is 4.74 Å². The number of hydrogen-bond acceptors (Lipinski definition) is 6. The van der Waals surface area contributed by atoms with Gasteiger partial charge in [0.25, 0.3) is 0 Å². The molecular weight excluding hydrogens is 390 g/mol. The second-order valence-electron chi connectivity index (χ2n) is 8.98. The summed E-state index contributed by atoms with van der Waals surface area (Å²) in [5.41, 5.74) is 9.08. The summed E-state index contributed by atoms with van der Waals surface area (Å²) in [5.74, 6) is 0.943. The van der Waals surface area contributed by atoms with Gasteiger partial charge in [-0.3, -0.25) is 5.41 Å². The van der Waals surface area contributed by atoms with Gasteiger partial charge >= 0.3 is 0 Å². The maximum Gasteiger partial charge on any atom is 0.140 e. The van der Waals surface area contributed by atoms with Crippen molar-refractivity contribution < 1.29 is 9.84 Å². The number of anilines is 1. The zero-order chi connectivity index (χ0) is 22.0. The Bertz CT molecular complexity index is 926. The van der Waals surface area contributed by atoms with Crippen molar-refractivity contribution in [1.82, 2.24) is 10.3 Å². The van der Waals surface area contributed by atoms with Crippen LogP contribution in [0.3, 0.4) is 0 Å². The van der Waals surface area contributed by atoms with Crippen molar-refractivity contribution in [3.63, 3.8) is 0 Å². The molecule has 5 N–H and O–H groups in total. The number of nitrogens with zero attached hydrogens (tertiary/aromatic N) is 2. The molecule has 3 unspecified atom stereocenters. The van der Waals surface area contributed by atoms with E-state index in [1.165, 1.54) is 19.3 Å². The summed E-state index contributed by atoms with van der Waals surface area (Å²) in [6.45, 7) is 5.07. The van der Waals surface area contributed by atoms with Gasteiger partial charge in [0.15, 0.2) is 0 Å². The molecule has 7 nitrogen and oxygen atoms in total. The summed E-state index contributed by atoms with van der Waals surface area (Å²) in [6, 6.07) is 8.02. The fourth-order valence-corrected chi connectivity index (χ4v) is 4.89. The molecule has 1 saturated heterocycles. The minimum Gasteiger partial charge on any atom is -0.374 e. The molecule has 7 heteroatoms. The van der Waals surface area contributed by atoms with Crippen LogP contribution >= 0.6 is 0 Å². The van der Waals surface area contributed by atoms with Crippen LogP contribution in [-0.4, -0.2) is 53.5 Å². The molecule has 1 aliphatic carbocycles. The quantitative estimate of drug-likeness (QED) is 0.333. The van der Waals surface area contributed by atoms with E-state index in [4.69, 9.17) is 20.9 Å². The number of fused-ring (bicyclic) bond motifs is 1. The number of aliphatic hydroxyl groups excluding tert-OH is 1. The van der Waals surface area contributed by atoms with Crippen molar-refractivity contribution in [2.75, 3.05) is 18.0 Å². The van der Waals surface area contributed by atoms with Gasteiger partial charge in [0.05, 0.1) is 23.3 Å². The number of nitrogens with one attached hydrogen (secondary N) is 2. The van der Waals surface area contributed by atoms with Crippen LogP contribution in [0.15, 0.2) is 24.3 Å². The van der Waals surface area contributed by atoms with Gasteiger partial charge in [0, 0.05) is 24.5 Å². The fourth-order valence-electron chi connectivity index (χ4n) is 4.89. The molecule has 168 valence electrons. The van der Waals surface area contributed by atoms with Crippen LogP contribution in [0.25, 0.3) is 10.9 Å². The molecule has 2 aromatic rings. The summed E-state index contributed by atoms with van der Waals surface area (Å²) >= 11 is 0. The van der Waals surface area contributed by atoms with Crippen LogP contribution in [0.4, 0.5) is 5.82 Å². The van der Waals surface area contributed by atoms with E-state index < -0.39 is 6.23 Å². The van der Waals surface area contributed by atoms with E-state index in [1.807, 2.05) is 31.2 Å². The Balaban J connectivity index is 1.67. The number of para-hydroxylation sites is 1. The zero-order valence-electron chi connectivity index (χ0n) is 18.6. The Morgan fingerprint density at radius 2 is 2.00 bits per heavy atom. The number of aromatic nitrogens is 1. The van der Waals surface area contributed by atoms with Gasteiger partial charge in [-0.1, -0.05) is 37.5 Å². The van der Waals surface area contributed by atoms with Crippen LogP contribution in [0.2, 0.25) is 0 Å². The topological polar surface area (TPSA) is 107 Å². The average Bonchev–Trinajstić information content (AvgIpc) is 2.75. The molecule has 2 heterocycles. The van der Waals surface area contributed by atoms with E-state index in [0.717, 1.165) is 53.7 Å². The van der Waals surface area contributed by atoms with E-state index in [1.54, 1.807) is 6.92 Å². The largest absolute Gasteiger partial charge is 0.374 e. The minimum absolute atomic E-state index is 0.0122. The number of benzene rings is 1. The molecule has 0 amide bonds. The first-order valence-electron chi connectivity index (χ1n) is 11.5. The highest BCUT2D eigenvalue weighted by atomic mass is 16.5. The van der Waals surface area contributed by atoms with E-state index in [2.05, 4.69) is 10.2 Å². The van der Waals surface area contributed by atoms with Gasteiger partial charge in [-0.25, -0.2) is 4.98 Å². The van der Waals surface area contributed by atoms with Crippen LogP contribution in [0.5, 0.6) is 0 Å². The highest BCUT2D eigenvalue weighted by Crippen LogP contribution is 2.31. The van der Waals surface area contributed by atoms with Crippen LogP contribution in [0.1, 0.15) is 56.6 Å². The second kappa shape index (κ2) is 9.51. The average molecular weight is 426 g/mol. The SMILES string of the molecule is Cc1c(C(=N)NC(C)O)c(N2CCC(N)C(OC3CCCCC3)C2)nc2ccccc12. The molecule has 1 saturated carbocycles. The number of nitrogens with two attached hydrogens (primary N) is 1. The Kier molecular flexibility index (Phi) is 6.74. The first-order valence-corrected chi connectivity index (χ1v) is 11.5. The predicted octanol–water partition coefficient (Wildman–Crippen LogP) is 3.05. The van der Waals surface area contributed by atoms with Crippen LogP contribution < -0.4 is 16.0 Å². The predicted molar refractivity (Wildman–Crippen MR) is 125 cm³/mol. The van der Waals surface area contributed by atoms with E-state index in [9.17, 15) is 5.11 Å². The van der Waals surface area contributed by atoms with Gasteiger partial charge in [0.2, 0.25) is 0 Å². The summed E-state index contributed by atoms with van der Waals surface area (Å²) in [4.78, 5) is 7.17. The lowest BCUT2D eigenvalue weighted by molar-refractivity contribution is -0.0431. The molecular formula is C24H35N5O2. The van der Waals surface area contributed by atoms with Crippen molar-refractivity contribution in [3.8, 4) is 0 Å². The molecule has 3 atom stereocenters. The van der Waals surface area contributed by atoms with Crippen LogP contribution in [0, 0.1) is 12.3 Å². The standard InChI is InChI=1S/C24H35N5O2/c1-15-18-10-6-7-11-20(18)28-24(22(15)23(26)27-16(2)30)29-13-12-19(25)21(14-29)31-17-8-4-3-5-9-17/h6-7,10-11,16-17,19,21,30H,3-5,8-9,12-14,25H2,1-2H3,(H2,26,27). The third-order valence-corrected chi connectivity index (χ3v) is 6.57. The number of pyridine rings is 1. The highest BCUT2D eigenvalue weighted by Gasteiger charge is 2.33. The van der Waals surface area contributed by atoms with Gasteiger partial charge in [0.1, 0.15) is 17.9 Å². The number of ether oxygens (including phenoxy) is 1. The van der Waals surface area contributed by atoms with Gasteiger partial charge in [-0.15, -0.1) is 0 Å². The number of hydrogen-bond donors (Lipinski definition) is 4. The highest BCUT2D eigenvalue weighted by molar-refractivity contribution is 6.06. The summed E-state index contributed by atoms with van der Waals surface area (Å²) in [7, 11) is 0. The number of aliphatic hydroxyl groups is 1. The van der Waals surface area contributed by atoms with Crippen molar-refractivity contribution in [1.29, 1.82) is 5.41 Å². The maximum atomic E-state index is 9.83. The molecule has 2 aliphatic rings. The summed E-state index contributed by atoms with van der Waals surface area (Å²) in [6.07, 6.45) is 6.25. The van der Waals surface area contributed by atoms with Gasteiger partial charge in [-0.05, 0) is 44.7 Å².